The number of nitro groups is 1. The molecule has 25 heavy (non-hydrogen) atoms. The summed E-state index contributed by atoms with van der Waals surface area (Å²) >= 11 is 0. The molecule has 1 aromatic carbocycles. The van der Waals surface area contributed by atoms with Crippen LogP contribution in [0.4, 0.5) is 11.4 Å². The van der Waals surface area contributed by atoms with Gasteiger partial charge in [-0.15, -0.1) is 0 Å². The van der Waals surface area contributed by atoms with E-state index in [1.807, 2.05) is 0 Å². The predicted octanol–water partition coefficient (Wildman–Crippen LogP) is 1.01. The standard InChI is InChI=1S/C15H21N3O7/c1-24-7-3-6-16-12(15(20)21)9-14(19)17-11-8-10(18(22)23)4-5-13(11)25-2/h4-5,8,12,16H,3,6-7,9H2,1-2H3,(H,17,19)(H,20,21). The molecule has 3 N–H and O–H groups in total. The molecule has 0 spiro atoms. The summed E-state index contributed by atoms with van der Waals surface area (Å²) in [7, 11) is 2.89. The van der Waals surface area contributed by atoms with Crippen LogP contribution in [0.25, 0.3) is 0 Å². The predicted molar refractivity (Wildman–Crippen MR) is 88.8 cm³/mol. The molecule has 0 bridgehead atoms. The fourth-order valence-electron chi connectivity index (χ4n) is 2.03. The van der Waals surface area contributed by atoms with E-state index in [2.05, 4.69) is 10.6 Å². The van der Waals surface area contributed by atoms with Gasteiger partial charge in [0.05, 0.1) is 24.1 Å². The number of carbonyl (C=O) groups excluding carboxylic acids is 1. The lowest BCUT2D eigenvalue weighted by Gasteiger charge is -2.15. The fourth-order valence-corrected chi connectivity index (χ4v) is 2.03. The molecular formula is C15H21N3O7. The van der Waals surface area contributed by atoms with E-state index in [-0.39, 0.29) is 23.5 Å². The highest BCUT2D eigenvalue weighted by atomic mass is 16.6. The monoisotopic (exact) mass is 355 g/mol. The molecule has 10 heteroatoms. The second kappa shape index (κ2) is 10.2. The molecule has 0 aromatic heterocycles. The number of ether oxygens (including phenoxy) is 2. The first kappa shape index (κ1) is 20.3. The Hall–Kier alpha value is -2.72. The number of benzene rings is 1. The van der Waals surface area contributed by atoms with Gasteiger partial charge in [0.1, 0.15) is 11.8 Å². The number of aliphatic carboxylic acids is 1. The number of non-ortho nitro benzene ring substituents is 1. The van der Waals surface area contributed by atoms with Crippen LogP contribution in [-0.2, 0) is 14.3 Å². The average molecular weight is 355 g/mol. The minimum Gasteiger partial charge on any atom is -0.495 e. The Kier molecular flexibility index (Phi) is 8.30. The molecule has 0 fully saturated rings. The molecule has 0 heterocycles. The van der Waals surface area contributed by atoms with Gasteiger partial charge in [0, 0.05) is 25.8 Å². The van der Waals surface area contributed by atoms with Crippen LogP contribution in [0.3, 0.4) is 0 Å². The van der Waals surface area contributed by atoms with Gasteiger partial charge in [-0.2, -0.15) is 0 Å². The summed E-state index contributed by atoms with van der Waals surface area (Å²) in [6.07, 6.45) is 0.259. The van der Waals surface area contributed by atoms with Crippen LogP contribution < -0.4 is 15.4 Å². The van der Waals surface area contributed by atoms with Gasteiger partial charge in [0.2, 0.25) is 5.91 Å². The molecular weight excluding hydrogens is 334 g/mol. The fraction of sp³-hybridized carbons (Fsp3) is 0.467. The van der Waals surface area contributed by atoms with Crippen molar-refractivity contribution in [3.8, 4) is 5.75 Å². The lowest BCUT2D eigenvalue weighted by Crippen LogP contribution is -2.40. The number of carbonyl (C=O) groups is 2. The molecule has 0 aliphatic heterocycles. The number of nitro benzene ring substituents is 1. The molecule has 1 amide bonds. The summed E-state index contributed by atoms with van der Waals surface area (Å²) in [5, 5.41) is 25.2. The molecule has 1 unspecified atom stereocenters. The van der Waals surface area contributed by atoms with E-state index in [9.17, 15) is 24.8 Å². The van der Waals surface area contributed by atoms with Gasteiger partial charge in [-0.05, 0) is 19.0 Å². The third-order valence-corrected chi connectivity index (χ3v) is 3.27. The molecule has 0 aliphatic rings. The number of nitrogens with zero attached hydrogens (tertiary/aromatic N) is 1. The Labute approximate surface area is 144 Å². The van der Waals surface area contributed by atoms with E-state index in [0.717, 1.165) is 6.07 Å². The smallest absolute Gasteiger partial charge is 0.321 e. The number of hydrogen-bond acceptors (Lipinski definition) is 7. The van der Waals surface area contributed by atoms with Gasteiger partial charge in [-0.1, -0.05) is 0 Å². The molecule has 0 saturated carbocycles. The Morgan fingerprint density at radius 2 is 2.08 bits per heavy atom. The van der Waals surface area contributed by atoms with Gasteiger partial charge in [-0.3, -0.25) is 19.7 Å². The van der Waals surface area contributed by atoms with Crippen molar-refractivity contribution in [2.45, 2.75) is 18.9 Å². The number of carboxylic acids is 1. The van der Waals surface area contributed by atoms with Crippen molar-refractivity contribution in [3.63, 3.8) is 0 Å². The zero-order valence-corrected chi connectivity index (χ0v) is 14.0. The number of amides is 1. The van der Waals surface area contributed by atoms with E-state index in [0.29, 0.717) is 19.6 Å². The number of carboxylic acid groups (broad SMARTS) is 1. The van der Waals surface area contributed by atoms with E-state index >= 15 is 0 Å². The van der Waals surface area contributed by atoms with Gasteiger partial charge in [0.25, 0.3) is 5.69 Å². The van der Waals surface area contributed by atoms with Crippen molar-refractivity contribution < 1.29 is 29.1 Å². The quantitative estimate of drug-likeness (QED) is 0.303. The zero-order valence-electron chi connectivity index (χ0n) is 14.0. The van der Waals surface area contributed by atoms with Gasteiger partial charge in [0.15, 0.2) is 0 Å². The van der Waals surface area contributed by atoms with Gasteiger partial charge in [-0.25, -0.2) is 0 Å². The van der Waals surface area contributed by atoms with Crippen molar-refractivity contribution in [2.24, 2.45) is 0 Å². The van der Waals surface area contributed by atoms with E-state index < -0.39 is 22.8 Å². The Morgan fingerprint density at radius 3 is 2.64 bits per heavy atom. The van der Waals surface area contributed by atoms with Crippen LogP contribution in [0.15, 0.2) is 18.2 Å². The van der Waals surface area contributed by atoms with Gasteiger partial charge >= 0.3 is 5.97 Å². The van der Waals surface area contributed by atoms with Crippen molar-refractivity contribution in [1.29, 1.82) is 0 Å². The molecule has 10 nitrogen and oxygen atoms in total. The van der Waals surface area contributed by atoms with Crippen molar-refractivity contribution in [3.05, 3.63) is 28.3 Å². The van der Waals surface area contributed by atoms with Crippen LogP contribution in [0.2, 0.25) is 0 Å². The zero-order chi connectivity index (χ0) is 18.8. The van der Waals surface area contributed by atoms with Crippen LogP contribution in [0, 0.1) is 10.1 Å². The normalized spacial score (nSPS) is 11.6. The first-order valence-corrected chi connectivity index (χ1v) is 7.46. The molecule has 138 valence electrons. The second-order valence-electron chi connectivity index (χ2n) is 5.09. The number of methoxy groups -OCH3 is 2. The number of rotatable bonds is 11. The lowest BCUT2D eigenvalue weighted by molar-refractivity contribution is -0.384. The summed E-state index contributed by atoms with van der Waals surface area (Å²) in [6.45, 7) is 0.842. The third kappa shape index (κ3) is 6.73. The first-order chi connectivity index (χ1) is 11.9. The van der Waals surface area contributed by atoms with Crippen molar-refractivity contribution >= 4 is 23.3 Å². The minimum absolute atomic E-state index is 0.102. The topological polar surface area (TPSA) is 140 Å². The number of hydrogen-bond donors (Lipinski definition) is 3. The molecule has 1 atom stereocenters. The highest BCUT2D eigenvalue weighted by molar-refractivity contribution is 5.95. The molecule has 0 radical (unpaired) electrons. The Balaban J connectivity index is 2.74. The molecule has 1 rings (SSSR count). The van der Waals surface area contributed by atoms with Crippen molar-refractivity contribution in [1.82, 2.24) is 5.32 Å². The largest absolute Gasteiger partial charge is 0.495 e. The van der Waals surface area contributed by atoms with E-state index in [1.165, 1.54) is 26.4 Å². The Bertz CT molecular complexity index is 621. The van der Waals surface area contributed by atoms with Crippen LogP contribution >= 0.6 is 0 Å². The maximum atomic E-state index is 12.1. The summed E-state index contributed by atoms with van der Waals surface area (Å²) in [4.78, 5) is 33.6. The molecule has 0 aliphatic carbocycles. The summed E-state index contributed by atoms with van der Waals surface area (Å²) in [5.41, 5.74) is -0.117. The van der Waals surface area contributed by atoms with Crippen LogP contribution in [0.5, 0.6) is 5.75 Å². The van der Waals surface area contributed by atoms with E-state index in [1.54, 1.807) is 0 Å². The third-order valence-electron chi connectivity index (χ3n) is 3.27. The Morgan fingerprint density at radius 1 is 1.36 bits per heavy atom. The van der Waals surface area contributed by atoms with Crippen LogP contribution in [-0.4, -0.2) is 55.3 Å². The number of nitrogens with one attached hydrogen (secondary N) is 2. The summed E-state index contributed by atoms with van der Waals surface area (Å²) < 4.78 is 9.91. The second-order valence-corrected chi connectivity index (χ2v) is 5.09. The highest BCUT2D eigenvalue weighted by Gasteiger charge is 2.22. The summed E-state index contributed by atoms with van der Waals surface area (Å²) in [6, 6.07) is 2.66. The molecule has 0 saturated heterocycles. The average Bonchev–Trinajstić information content (AvgIpc) is 2.57. The lowest BCUT2D eigenvalue weighted by atomic mass is 10.2. The summed E-state index contributed by atoms with van der Waals surface area (Å²) in [5.74, 6) is -1.54. The minimum atomic E-state index is -1.17. The SMILES string of the molecule is COCCCNC(CC(=O)Nc1cc([N+](=O)[O-])ccc1OC)C(=O)O. The first-order valence-electron chi connectivity index (χ1n) is 7.46. The number of anilines is 1. The van der Waals surface area contributed by atoms with Gasteiger partial charge < -0.3 is 25.2 Å². The van der Waals surface area contributed by atoms with Crippen LogP contribution in [0.1, 0.15) is 12.8 Å². The molecule has 1 aromatic rings. The maximum absolute atomic E-state index is 12.1. The van der Waals surface area contributed by atoms with E-state index in [4.69, 9.17) is 9.47 Å². The maximum Gasteiger partial charge on any atom is 0.321 e. The highest BCUT2D eigenvalue weighted by Crippen LogP contribution is 2.28. The van der Waals surface area contributed by atoms with Crippen molar-refractivity contribution in [2.75, 3.05) is 32.7 Å².